The van der Waals surface area contributed by atoms with Gasteiger partial charge >= 0.3 is 0 Å². The van der Waals surface area contributed by atoms with Gasteiger partial charge in [-0.25, -0.2) is 13.4 Å². The van der Waals surface area contributed by atoms with E-state index in [9.17, 15) is 8.42 Å². The fourth-order valence-electron chi connectivity index (χ4n) is 5.18. The van der Waals surface area contributed by atoms with Crippen LogP contribution in [0.1, 0.15) is 62.6 Å². The van der Waals surface area contributed by atoms with E-state index in [1.54, 1.807) is 28.2 Å². The van der Waals surface area contributed by atoms with Crippen molar-refractivity contribution in [3.63, 3.8) is 0 Å². The Balaban J connectivity index is 1.48. The molecule has 0 spiro atoms. The Kier molecular flexibility index (Phi) is 6.56. The minimum atomic E-state index is -3.49. The fourth-order valence-corrected chi connectivity index (χ4v) is 7.84. The first-order valence-electron chi connectivity index (χ1n) is 12.1. The summed E-state index contributed by atoms with van der Waals surface area (Å²) in [6.45, 7) is 5.45. The van der Waals surface area contributed by atoms with Crippen LogP contribution in [0, 0.1) is 12.8 Å². The standard InChI is InChI=1S/C26H33N3O2S2/c1-19-9-11-21(12-10-19)18-32-26-27-24-16-23(33(30,31)28-15-5-6-20(2)17-28)13-14-25(24)29(26)22-7-3-4-8-22/h9-14,16,20,22H,3-8,15,17-18H2,1-2H3. The molecule has 0 N–H and O–H groups in total. The third-order valence-electron chi connectivity index (χ3n) is 7.06. The average molecular weight is 484 g/mol. The number of piperidine rings is 1. The molecule has 0 radical (unpaired) electrons. The van der Waals surface area contributed by atoms with Crippen molar-refractivity contribution in [1.29, 1.82) is 0 Å². The molecule has 1 unspecified atom stereocenters. The van der Waals surface area contributed by atoms with Crippen LogP contribution in [0.3, 0.4) is 0 Å². The summed E-state index contributed by atoms with van der Waals surface area (Å²) in [6, 6.07) is 14.7. The second kappa shape index (κ2) is 9.43. The Morgan fingerprint density at radius 1 is 1.03 bits per heavy atom. The molecule has 1 aliphatic heterocycles. The molecule has 1 aromatic heterocycles. The minimum absolute atomic E-state index is 0.371. The van der Waals surface area contributed by atoms with Crippen LogP contribution in [0.25, 0.3) is 11.0 Å². The number of rotatable bonds is 6. The molecule has 7 heteroatoms. The molecule has 1 aliphatic carbocycles. The van der Waals surface area contributed by atoms with Crippen molar-refractivity contribution in [3.8, 4) is 0 Å². The van der Waals surface area contributed by atoms with E-state index < -0.39 is 10.0 Å². The minimum Gasteiger partial charge on any atom is -0.316 e. The fraction of sp³-hybridized carbons (Fsp3) is 0.500. The number of fused-ring (bicyclic) bond motifs is 1. The van der Waals surface area contributed by atoms with Crippen molar-refractivity contribution in [2.24, 2.45) is 5.92 Å². The van der Waals surface area contributed by atoms with Crippen LogP contribution in [0.4, 0.5) is 0 Å². The van der Waals surface area contributed by atoms with E-state index in [1.807, 2.05) is 6.07 Å². The van der Waals surface area contributed by atoms with Gasteiger partial charge in [0, 0.05) is 24.9 Å². The highest BCUT2D eigenvalue weighted by molar-refractivity contribution is 7.98. The summed E-state index contributed by atoms with van der Waals surface area (Å²) in [4.78, 5) is 5.34. The Bertz CT molecular complexity index is 1230. The van der Waals surface area contributed by atoms with Gasteiger partial charge < -0.3 is 4.57 Å². The summed E-state index contributed by atoms with van der Waals surface area (Å²) in [7, 11) is -3.49. The maximum atomic E-state index is 13.3. The van der Waals surface area contributed by atoms with E-state index in [-0.39, 0.29) is 0 Å². The molecule has 5 nitrogen and oxygen atoms in total. The molecule has 176 valence electrons. The summed E-state index contributed by atoms with van der Waals surface area (Å²) < 4.78 is 30.7. The Morgan fingerprint density at radius 3 is 2.52 bits per heavy atom. The summed E-state index contributed by atoms with van der Waals surface area (Å²) >= 11 is 1.75. The Morgan fingerprint density at radius 2 is 1.79 bits per heavy atom. The monoisotopic (exact) mass is 483 g/mol. The van der Waals surface area contributed by atoms with Crippen LogP contribution < -0.4 is 0 Å². The van der Waals surface area contributed by atoms with E-state index in [0.29, 0.717) is 29.9 Å². The zero-order valence-corrected chi connectivity index (χ0v) is 21.2. The normalized spacial score (nSPS) is 20.6. The van der Waals surface area contributed by atoms with Crippen molar-refractivity contribution >= 4 is 32.8 Å². The van der Waals surface area contributed by atoms with Gasteiger partial charge in [-0.2, -0.15) is 4.31 Å². The molecule has 2 heterocycles. The third-order valence-corrected chi connectivity index (χ3v) is 9.95. The van der Waals surface area contributed by atoms with Crippen LogP contribution in [0.15, 0.2) is 52.5 Å². The van der Waals surface area contributed by atoms with E-state index in [4.69, 9.17) is 4.98 Å². The predicted octanol–water partition coefficient (Wildman–Crippen LogP) is 6.17. The van der Waals surface area contributed by atoms with Gasteiger partial charge in [0.15, 0.2) is 5.16 Å². The zero-order chi connectivity index (χ0) is 23.0. The van der Waals surface area contributed by atoms with Gasteiger partial charge in [0.1, 0.15) is 0 Å². The van der Waals surface area contributed by atoms with Gasteiger partial charge in [-0.3, -0.25) is 0 Å². The van der Waals surface area contributed by atoms with Crippen LogP contribution >= 0.6 is 11.8 Å². The molecule has 2 aliphatic rings. The highest BCUT2D eigenvalue weighted by atomic mass is 32.2. The smallest absolute Gasteiger partial charge is 0.243 e. The highest BCUT2D eigenvalue weighted by Crippen LogP contribution is 2.38. The van der Waals surface area contributed by atoms with Crippen molar-refractivity contribution in [3.05, 3.63) is 53.6 Å². The molecule has 0 amide bonds. The highest BCUT2D eigenvalue weighted by Gasteiger charge is 2.30. The molecule has 1 saturated heterocycles. The topological polar surface area (TPSA) is 55.2 Å². The van der Waals surface area contributed by atoms with Gasteiger partial charge in [-0.1, -0.05) is 61.4 Å². The largest absolute Gasteiger partial charge is 0.316 e. The average Bonchev–Trinajstić information content (AvgIpc) is 3.45. The van der Waals surface area contributed by atoms with Crippen LogP contribution in [0.2, 0.25) is 0 Å². The van der Waals surface area contributed by atoms with Crippen molar-refractivity contribution in [2.45, 2.75) is 74.2 Å². The maximum Gasteiger partial charge on any atom is 0.243 e. The molecule has 2 fully saturated rings. The molecule has 0 bridgehead atoms. The summed E-state index contributed by atoms with van der Waals surface area (Å²) in [5.41, 5.74) is 4.38. The molecule has 2 aromatic carbocycles. The first-order chi connectivity index (χ1) is 15.9. The molecule has 33 heavy (non-hydrogen) atoms. The molecule has 1 atom stereocenters. The second-order valence-electron chi connectivity index (χ2n) is 9.74. The number of hydrogen-bond donors (Lipinski definition) is 0. The van der Waals surface area contributed by atoms with E-state index >= 15 is 0 Å². The quantitative estimate of drug-likeness (QED) is 0.393. The molecule has 1 saturated carbocycles. The lowest BCUT2D eigenvalue weighted by Crippen LogP contribution is -2.39. The summed E-state index contributed by atoms with van der Waals surface area (Å²) in [5.74, 6) is 1.26. The number of benzene rings is 2. The Labute approximate surface area is 201 Å². The predicted molar refractivity (Wildman–Crippen MR) is 135 cm³/mol. The second-order valence-corrected chi connectivity index (χ2v) is 12.6. The van der Waals surface area contributed by atoms with Gasteiger partial charge in [-0.05, 0) is 62.3 Å². The summed E-state index contributed by atoms with van der Waals surface area (Å²) in [6.07, 6.45) is 6.83. The first kappa shape index (κ1) is 22.9. The summed E-state index contributed by atoms with van der Waals surface area (Å²) in [5, 5.41) is 0.999. The maximum absolute atomic E-state index is 13.3. The lowest BCUT2D eigenvalue weighted by molar-refractivity contribution is 0.281. The zero-order valence-electron chi connectivity index (χ0n) is 19.5. The number of aromatic nitrogens is 2. The van der Waals surface area contributed by atoms with E-state index in [0.717, 1.165) is 47.6 Å². The van der Waals surface area contributed by atoms with Crippen LogP contribution in [-0.4, -0.2) is 35.4 Å². The van der Waals surface area contributed by atoms with Crippen molar-refractivity contribution in [2.75, 3.05) is 13.1 Å². The third kappa shape index (κ3) is 4.73. The van der Waals surface area contributed by atoms with Crippen LogP contribution in [0.5, 0.6) is 0 Å². The number of hydrogen-bond acceptors (Lipinski definition) is 4. The first-order valence-corrected chi connectivity index (χ1v) is 14.5. The van der Waals surface area contributed by atoms with Gasteiger partial charge in [-0.15, -0.1) is 0 Å². The SMILES string of the molecule is Cc1ccc(CSc2nc3cc(S(=O)(=O)N4CCCC(C)C4)ccc3n2C2CCCC2)cc1. The van der Waals surface area contributed by atoms with E-state index in [1.165, 1.54) is 24.0 Å². The van der Waals surface area contributed by atoms with Gasteiger partial charge in [0.2, 0.25) is 10.0 Å². The van der Waals surface area contributed by atoms with Crippen molar-refractivity contribution in [1.82, 2.24) is 13.9 Å². The van der Waals surface area contributed by atoms with E-state index in [2.05, 4.69) is 42.7 Å². The number of thioether (sulfide) groups is 1. The lowest BCUT2D eigenvalue weighted by Gasteiger charge is -2.30. The number of imidazole rings is 1. The lowest BCUT2D eigenvalue weighted by atomic mass is 10.0. The Hall–Kier alpha value is -1.83. The number of aryl methyl sites for hydroxylation is 1. The molecule has 3 aromatic rings. The van der Waals surface area contributed by atoms with Gasteiger partial charge in [0.25, 0.3) is 0 Å². The number of sulfonamides is 1. The molecular formula is C26H33N3O2S2. The molecular weight excluding hydrogens is 450 g/mol. The van der Waals surface area contributed by atoms with Crippen molar-refractivity contribution < 1.29 is 8.42 Å². The van der Waals surface area contributed by atoms with Gasteiger partial charge in [0.05, 0.1) is 15.9 Å². The molecule has 5 rings (SSSR count). The van der Waals surface area contributed by atoms with Crippen LogP contribution in [-0.2, 0) is 15.8 Å². The number of nitrogens with zero attached hydrogens (tertiary/aromatic N) is 3.